The molecular weight excluding hydrogens is 396 g/mol. The normalized spacial score (nSPS) is 10.1. The van der Waals surface area contributed by atoms with Crippen molar-refractivity contribution in [3.05, 3.63) is 83.9 Å². The van der Waals surface area contributed by atoms with Crippen molar-refractivity contribution in [1.82, 2.24) is 5.32 Å². The Kier molecular flexibility index (Phi) is 7.48. The first-order valence-corrected chi connectivity index (χ1v) is 9.66. The summed E-state index contributed by atoms with van der Waals surface area (Å²) < 4.78 is 16.1. The number of hydrogen-bond donors (Lipinski definition) is 2. The Morgan fingerprint density at radius 3 is 2.16 bits per heavy atom. The van der Waals surface area contributed by atoms with Gasteiger partial charge in [0.15, 0.2) is 0 Å². The van der Waals surface area contributed by atoms with Gasteiger partial charge in [-0.2, -0.15) is 0 Å². The molecule has 0 bridgehead atoms. The lowest BCUT2D eigenvalue weighted by atomic mass is 10.2. The summed E-state index contributed by atoms with van der Waals surface area (Å²) in [6.07, 6.45) is 0. The molecule has 0 radical (unpaired) electrons. The van der Waals surface area contributed by atoms with E-state index in [1.54, 1.807) is 18.2 Å². The summed E-state index contributed by atoms with van der Waals surface area (Å²) >= 11 is 0. The Bertz CT molecular complexity index is 1020. The van der Waals surface area contributed by atoms with Crippen LogP contribution < -0.4 is 24.8 Å². The summed E-state index contributed by atoms with van der Waals surface area (Å²) in [6, 6.07) is 22.1. The van der Waals surface area contributed by atoms with E-state index in [9.17, 15) is 9.59 Å². The summed E-state index contributed by atoms with van der Waals surface area (Å²) in [6.45, 7) is 0.691. The molecule has 0 saturated carbocycles. The zero-order valence-electron chi connectivity index (χ0n) is 17.4. The monoisotopic (exact) mass is 420 g/mol. The van der Waals surface area contributed by atoms with Gasteiger partial charge in [0.25, 0.3) is 0 Å². The Balaban J connectivity index is 1.49. The lowest BCUT2D eigenvalue weighted by Crippen LogP contribution is -2.35. The molecule has 2 N–H and O–H groups in total. The molecule has 0 aliphatic heterocycles. The molecule has 7 nitrogen and oxygen atoms in total. The molecule has 0 unspecified atom stereocenters. The molecule has 2 amide bonds. The maximum atomic E-state index is 12.2. The number of carbonyl (C=O) groups is 2. The van der Waals surface area contributed by atoms with Crippen LogP contribution in [0.2, 0.25) is 0 Å². The second-order valence-electron chi connectivity index (χ2n) is 6.62. The van der Waals surface area contributed by atoms with E-state index in [-0.39, 0.29) is 6.54 Å². The van der Waals surface area contributed by atoms with Gasteiger partial charge in [0, 0.05) is 12.6 Å². The summed E-state index contributed by atoms with van der Waals surface area (Å²) in [5, 5.41) is 5.14. The van der Waals surface area contributed by atoms with Gasteiger partial charge in [-0.3, -0.25) is 9.59 Å². The first-order valence-electron chi connectivity index (χ1n) is 9.66. The third-order valence-electron chi connectivity index (χ3n) is 4.49. The van der Waals surface area contributed by atoms with Crippen LogP contribution in [0.4, 0.5) is 5.69 Å². The quantitative estimate of drug-likeness (QED) is 0.545. The number of anilines is 1. The third kappa shape index (κ3) is 6.24. The van der Waals surface area contributed by atoms with Gasteiger partial charge in [-0.05, 0) is 35.4 Å². The van der Waals surface area contributed by atoms with Gasteiger partial charge in [0.1, 0.15) is 23.9 Å². The Labute approximate surface area is 180 Å². The molecule has 0 heterocycles. The first-order chi connectivity index (χ1) is 15.1. The summed E-state index contributed by atoms with van der Waals surface area (Å²) in [4.78, 5) is 24.4. The van der Waals surface area contributed by atoms with Gasteiger partial charge in [-0.15, -0.1) is 0 Å². The van der Waals surface area contributed by atoms with Gasteiger partial charge in [0.05, 0.1) is 19.9 Å². The van der Waals surface area contributed by atoms with Crippen molar-refractivity contribution in [2.45, 2.75) is 13.2 Å². The molecule has 3 rings (SSSR count). The van der Waals surface area contributed by atoms with Crippen molar-refractivity contribution in [3.63, 3.8) is 0 Å². The predicted molar refractivity (Wildman–Crippen MR) is 117 cm³/mol. The zero-order valence-corrected chi connectivity index (χ0v) is 17.4. The highest BCUT2D eigenvalue weighted by Gasteiger charge is 2.16. The van der Waals surface area contributed by atoms with Gasteiger partial charge in [-0.1, -0.05) is 42.5 Å². The summed E-state index contributed by atoms with van der Waals surface area (Å²) in [7, 11) is 3.00. The van der Waals surface area contributed by atoms with Crippen molar-refractivity contribution in [2.24, 2.45) is 0 Å². The maximum absolute atomic E-state index is 12.2. The fraction of sp³-hybridized carbons (Fsp3) is 0.167. The molecule has 3 aromatic carbocycles. The van der Waals surface area contributed by atoms with E-state index in [1.165, 1.54) is 14.2 Å². The molecule has 0 aromatic heterocycles. The van der Waals surface area contributed by atoms with Crippen LogP contribution in [0.3, 0.4) is 0 Å². The van der Waals surface area contributed by atoms with Crippen molar-refractivity contribution >= 4 is 17.5 Å². The number of hydrogen-bond acceptors (Lipinski definition) is 5. The molecule has 0 fully saturated rings. The SMILES string of the molecule is COc1ccc(NC(=O)C(=O)NCc2ccc(OCc3ccccc3)cc2)c(OC)c1. The number of ether oxygens (including phenoxy) is 3. The molecule has 0 aliphatic rings. The summed E-state index contributed by atoms with van der Waals surface area (Å²) in [5.74, 6) is 0.166. The second-order valence-corrected chi connectivity index (χ2v) is 6.62. The van der Waals surface area contributed by atoms with E-state index in [0.717, 1.165) is 16.9 Å². The van der Waals surface area contributed by atoms with Crippen molar-refractivity contribution in [3.8, 4) is 17.2 Å². The second kappa shape index (κ2) is 10.7. The van der Waals surface area contributed by atoms with Gasteiger partial charge in [0.2, 0.25) is 0 Å². The highest BCUT2D eigenvalue weighted by molar-refractivity contribution is 6.39. The van der Waals surface area contributed by atoms with E-state index >= 15 is 0 Å². The molecule has 0 aliphatic carbocycles. The minimum atomic E-state index is -0.786. The van der Waals surface area contributed by atoms with Gasteiger partial charge < -0.3 is 24.8 Å². The summed E-state index contributed by atoms with van der Waals surface area (Å²) in [5.41, 5.74) is 2.30. The average Bonchev–Trinajstić information content (AvgIpc) is 2.82. The highest BCUT2D eigenvalue weighted by Crippen LogP contribution is 2.28. The Morgan fingerprint density at radius 1 is 0.774 bits per heavy atom. The van der Waals surface area contributed by atoms with Crippen molar-refractivity contribution < 1.29 is 23.8 Å². The minimum Gasteiger partial charge on any atom is -0.497 e. The van der Waals surface area contributed by atoms with Crippen molar-refractivity contribution in [2.75, 3.05) is 19.5 Å². The molecule has 0 spiro atoms. The first kappa shape index (κ1) is 21.7. The topological polar surface area (TPSA) is 85.9 Å². The minimum absolute atomic E-state index is 0.213. The van der Waals surface area contributed by atoms with Gasteiger partial charge >= 0.3 is 11.8 Å². The number of nitrogens with one attached hydrogen (secondary N) is 2. The van der Waals surface area contributed by atoms with Crippen LogP contribution in [0.25, 0.3) is 0 Å². The van der Waals surface area contributed by atoms with Crippen LogP contribution in [0, 0.1) is 0 Å². The fourth-order valence-corrected chi connectivity index (χ4v) is 2.79. The van der Waals surface area contributed by atoms with Crippen LogP contribution in [0.5, 0.6) is 17.2 Å². The third-order valence-corrected chi connectivity index (χ3v) is 4.49. The van der Waals surface area contributed by atoms with E-state index in [0.29, 0.717) is 23.8 Å². The predicted octanol–water partition coefficient (Wildman–Crippen LogP) is 3.54. The lowest BCUT2D eigenvalue weighted by Gasteiger charge is -2.12. The highest BCUT2D eigenvalue weighted by atomic mass is 16.5. The number of benzene rings is 3. The molecule has 31 heavy (non-hydrogen) atoms. The lowest BCUT2D eigenvalue weighted by molar-refractivity contribution is -0.136. The maximum Gasteiger partial charge on any atom is 0.313 e. The van der Waals surface area contributed by atoms with Crippen LogP contribution in [0.15, 0.2) is 72.8 Å². The molecule has 3 aromatic rings. The molecule has 160 valence electrons. The van der Waals surface area contributed by atoms with Gasteiger partial charge in [-0.25, -0.2) is 0 Å². The fourth-order valence-electron chi connectivity index (χ4n) is 2.79. The molecule has 0 atom stereocenters. The van der Waals surface area contributed by atoms with Crippen molar-refractivity contribution in [1.29, 1.82) is 0 Å². The molecular formula is C24H24N2O5. The van der Waals surface area contributed by atoms with E-state index in [2.05, 4.69) is 10.6 Å². The number of methoxy groups -OCH3 is 2. The van der Waals surface area contributed by atoms with E-state index in [4.69, 9.17) is 14.2 Å². The Hall–Kier alpha value is -4.00. The number of amides is 2. The number of carbonyl (C=O) groups excluding carboxylic acids is 2. The number of rotatable bonds is 8. The molecule has 0 saturated heterocycles. The van der Waals surface area contributed by atoms with Crippen LogP contribution in [0.1, 0.15) is 11.1 Å². The Morgan fingerprint density at radius 2 is 1.48 bits per heavy atom. The standard InChI is InChI=1S/C24H24N2O5/c1-29-20-12-13-21(22(14-20)30-2)26-24(28)23(27)25-15-17-8-10-19(11-9-17)31-16-18-6-4-3-5-7-18/h3-14H,15-16H2,1-2H3,(H,25,27)(H,26,28). The van der Waals surface area contributed by atoms with Crippen LogP contribution in [-0.4, -0.2) is 26.0 Å². The van der Waals surface area contributed by atoms with E-state index < -0.39 is 11.8 Å². The zero-order chi connectivity index (χ0) is 22.1. The van der Waals surface area contributed by atoms with Crippen LogP contribution in [-0.2, 0) is 22.7 Å². The molecule has 7 heteroatoms. The van der Waals surface area contributed by atoms with Crippen LogP contribution >= 0.6 is 0 Å². The smallest absolute Gasteiger partial charge is 0.313 e. The average molecular weight is 420 g/mol. The largest absolute Gasteiger partial charge is 0.497 e. The van der Waals surface area contributed by atoms with E-state index in [1.807, 2.05) is 54.6 Å².